The molecule has 0 saturated carbocycles. The Hall–Kier alpha value is -1.99. The van der Waals surface area contributed by atoms with E-state index in [2.05, 4.69) is 21.2 Å². The van der Waals surface area contributed by atoms with Gasteiger partial charge in [0.2, 0.25) is 12.7 Å². The van der Waals surface area contributed by atoms with Gasteiger partial charge in [-0.3, -0.25) is 14.6 Å². The number of hydrogen-bond donors (Lipinski definition) is 1. The lowest BCUT2D eigenvalue weighted by atomic mass is 10.1. The first-order valence-electron chi connectivity index (χ1n) is 9.60. The van der Waals surface area contributed by atoms with Crippen LogP contribution in [-0.4, -0.2) is 54.7 Å². The fourth-order valence-electron chi connectivity index (χ4n) is 3.60. The highest BCUT2D eigenvalue weighted by Crippen LogP contribution is 2.33. The smallest absolute Gasteiger partial charge is 0.241 e. The third kappa shape index (κ3) is 4.78. The van der Waals surface area contributed by atoms with Crippen LogP contribution in [-0.2, 0) is 11.3 Å². The Morgan fingerprint density at radius 1 is 1.07 bits per heavy atom. The first-order valence-corrected chi connectivity index (χ1v) is 10.4. The van der Waals surface area contributed by atoms with Crippen molar-refractivity contribution in [3.05, 3.63) is 52.0 Å². The summed E-state index contributed by atoms with van der Waals surface area (Å²) in [6, 6.07) is 10.9. The van der Waals surface area contributed by atoms with Crippen LogP contribution >= 0.6 is 23.2 Å². The van der Waals surface area contributed by atoms with Gasteiger partial charge < -0.3 is 14.8 Å². The first-order chi connectivity index (χ1) is 14.0. The number of ether oxygens (including phenoxy) is 2. The second-order valence-electron chi connectivity index (χ2n) is 7.29. The minimum Gasteiger partial charge on any atom is -0.454 e. The van der Waals surface area contributed by atoms with E-state index in [-0.39, 0.29) is 11.9 Å². The predicted octanol–water partition coefficient (Wildman–Crippen LogP) is 3.87. The third-order valence-corrected chi connectivity index (χ3v) is 5.91. The van der Waals surface area contributed by atoms with Crippen LogP contribution in [0.15, 0.2) is 36.4 Å². The van der Waals surface area contributed by atoms with Crippen molar-refractivity contribution in [2.45, 2.75) is 19.5 Å². The molecule has 2 aromatic carbocycles. The van der Waals surface area contributed by atoms with Crippen molar-refractivity contribution in [1.82, 2.24) is 9.80 Å². The van der Waals surface area contributed by atoms with Gasteiger partial charge in [-0.1, -0.05) is 29.3 Å². The number of nitrogens with zero attached hydrogens (tertiary/aromatic N) is 2. The molecule has 1 saturated heterocycles. The van der Waals surface area contributed by atoms with Crippen LogP contribution < -0.4 is 14.8 Å². The normalized spacial score (nSPS) is 17.9. The molecule has 2 aliphatic heterocycles. The molecule has 1 amide bonds. The SMILES string of the molecule is C[C@@H](C(=O)Nc1ccc(Cl)cc1Cl)N1CCN(Cc2ccc3c(c2)OCO3)CC1. The second kappa shape index (κ2) is 8.79. The molecule has 0 radical (unpaired) electrons. The third-order valence-electron chi connectivity index (χ3n) is 5.37. The number of rotatable bonds is 5. The molecule has 0 spiro atoms. The Morgan fingerprint density at radius 2 is 1.83 bits per heavy atom. The van der Waals surface area contributed by atoms with E-state index in [1.54, 1.807) is 18.2 Å². The molecule has 0 aromatic heterocycles. The lowest BCUT2D eigenvalue weighted by molar-refractivity contribution is -0.121. The lowest BCUT2D eigenvalue weighted by Crippen LogP contribution is -2.52. The van der Waals surface area contributed by atoms with E-state index in [1.165, 1.54) is 5.56 Å². The molecule has 6 nitrogen and oxygen atoms in total. The van der Waals surface area contributed by atoms with E-state index in [4.69, 9.17) is 32.7 Å². The largest absolute Gasteiger partial charge is 0.454 e. The molecular weight excluding hydrogens is 413 g/mol. The Labute approximate surface area is 180 Å². The Bertz CT molecular complexity index is 901. The Kier molecular flexibility index (Phi) is 6.15. The maximum Gasteiger partial charge on any atom is 0.241 e. The van der Waals surface area contributed by atoms with E-state index < -0.39 is 0 Å². The quantitative estimate of drug-likeness (QED) is 0.772. The van der Waals surface area contributed by atoms with Crippen molar-refractivity contribution < 1.29 is 14.3 Å². The van der Waals surface area contributed by atoms with Crippen LogP contribution in [0.4, 0.5) is 5.69 Å². The minimum absolute atomic E-state index is 0.0709. The molecule has 0 bridgehead atoms. The van der Waals surface area contributed by atoms with Gasteiger partial charge in [-0.15, -0.1) is 0 Å². The summed E-state index contributed by atoms with van der Waals surface area (Å²) in [5, 5.41) is 3.88. The molecule has 1 fully saturated rings. The first kappa shape index (κ1) is 20.3. The highest BCUT2D eigenvalue weighted by molar-refractivity contribution is 6.36. The van der Waals surface area contributed by atoms with Crippen LogP contribution in [0.2, 0.25) is 10.0 Å². The number of nitrogens with one attached hydrogen (secondary N) is 1. The van der Waals surface area contributed by atoms with Crippen LogP contribution in [0.1, 0.15) is 12.5 Å². The molecule has 29 heavy (non-hydrogen) atoms. The molecule has 2 aliphatic rings. The number of piperazine rings is 1. The van der Waals surface area contributed by atoms with Crippen molar-refractivity contribution in [1.29, 1.82) is 0 Å². The number of fused-ring (bicyclic) bond motifs is 1. The van der Waals surface area contributed by atoms with Crippen molar-refractivity contribution >= 4 is 34.8 Å². The molecule has 4 rings (SSSR count). The van der Waals surface area contributed by atoms with Crippen LogP contribution in [0.3, 0.4) is 0 Å². The van der Waals surface area contributed by atoms with Crippen LogP contribution in [0.5, 0.6) is 11.5 Å². The molecule has 1 atom stereocenters. The van der Waals surface area contributed by atoms with E-state index in [0.29, 0.717) is 22.5 Å². The molecule has 2 aromatic rings. The van der Waals surface area contributed by atoms with Crippen molar-refractivity contribution in [3.8, 4) is 11.5 Å². The number of benzene rings is 2. The lowest BCUT2D eigenvalue weighted by Gasteiger charge is -2.37. The van der Waals surface area contributed by atoms with Gasteiger partial charge in [-0.05, 0) is 42.8 Å². The standard InChI is InChI=1S/C21H23Cl2N3O3/c1-14(21(27)24-18-4-3-16(22)11-17(18)23)26-8-6-25(7-9-26)12-15-2-5-19-20(10-15)29-13-28-19/h2-5,10-11,14H,6-9,12-13H2,1H3,(H,24,27)/t14-/m0/s1. The zero-order valence-electron chi connectivity index (χ0n) is 16.2. The molecule has 1 N–H and O–H groups in total. The number of amides is 1. The van der Waals surface area contributed by atoms with Crippen LogP contribution in [0, 0.1) is 0 Å². The van der Waals surface area contributed by atoms with Gasteiger partial charge >= 0.3 is 0 Å². The molecular formula is C21H23Cl2N3O3. The number of hydrogen-bond acceptors (Lipinski definition) is 5. The molecule has 0 unspecified atom stereocenters. The van der Waals surface area contributed by atoms with Crippen LogP contribution in [0.25, 0.3) is 0 Å². The van der Waals surface area contributed by atoms with Crippen molar-refractivity contribution in [2.75, 3.05) is 38.3 Å². The molecule has 2 heterocycles. The van der Waals surface area contributed by atoms with Gasteiger partial charge in [0.1, 0.15) is 0 Å². The summed E-state index contributed by atoms with van der Waals surface area (Å²) in [7, 11) is 0. The van der Waals surface area contributed by atoms with Crippen molar-refractivity contribution in [3.63, 3.8) is 0 Å². The summed E-state index contributed by atoms with van der Waals surface area (Å²) in [4.78, 5) is 17.2. The maximum absolute atomic E-state index is 12.6. The summed E-state index contributed by atoms with van der Waals surface area (Å²) in [6.07, 6.45) is 0. The van der Waals surface area contributed by atoms with Gasteiger partial charge in [0.05, 0.1) is 16.8 Å². The monoisotopic (exact) mass is 435 g/mol. The average Bonchev–Trinajstić information content (AvgIpc) is 3.18. The fraction of sp³-hybridized carbons (Fsp3) is 0.381. The molecule has 8 heteroatoms. The van der Waals surface area contributed by atoms with Gasteiger partial charge in [-0.25, -0.2) is 0 Å². The van der Waals surface area contributed by atoms with Gasteiger partial charge in [-0.2, -0.15) is 0 Å². The zero-order chi connectivity index (χ0) is 20.4. The summed E-state index contributed by atoms with van der Waals surface area (Å²) in [5.74, 6) is 1.55. The summed E-state index contributed by atoms with van der Waals surface area (Å²) >= 11 is 12.1. The van der Waals surface area contributed by atoms with Crippen molar-refractivity contribution in [2.24, 2.45) is 0 Å². The number of carbonyl (C=O) groups excluding carboxylic acids is 1. The summed E-state index contributed by atoms with van der Waals surface area (Å²) < 4.78 is 10.8. The number of anilines is 1. The number of halogens is 2. The number of carbonyl (C=O) groups is 1. The highest BCUT2D eigenvalue weighted by atomic mass is 35.5. The highest BCUT2D eigenvalue weighted by Gasteiger charge is 2.26. The van der Waals surface area contributed by atoms with Gasteiger partial charge in [0, 0.05) is 37.7 Å². The Balaban J connectivity index is 1.29. The topological polar surface area (TPSA) is 54.0 Å². The molecule has 0 aliphatic carbocycles. The second-order valence-corrected chi connectivity index (χ2v) is 8.13. The van der Waals surface area contributed by atoms with E-state index in [9.17, 15) is 4.79 Å². The van der Waals surface area contributed by atoms with E-state index in [1.807, 2.05) is 19.1 Å². The zero-order valence-corrected chi connectivity index (χ0v) is 17.7. The van der Waals surface area contributed by atoms with E-state index in [0.717, 1.165) is 44.2 Å². The summed E-state index contributed by atoms with van der Waals surface area (Å²) in [5.41, 5.74) is 1.78. The molecule has 154 valence electrons. The van der Waals surface area contributed by atoms with E-state index >= 15 is 0 Å². The maximum atomic E-state index is 12.6. The Morgan fingerprint density at radius 3 is 2.59 bits per heavy atom. The fourth-order valence-corrected chi connectivity index (χ4v) is 4.06. The summed E-state index contributed by atoms with van der Waals surface area (Å²) in [6.45, 7) is 6.51. The average molecular weight is 436 g/mol. The van der Waals surface area contributed by atoms with Gasteiger partial charge in [0.25, 0.3) is 0 Å². The minimum atomic E-state index is -0.241. The van der Waals surface area contributed by atoms with Gasteiger partial charge in [0.15, 0.2) is 11.5 Å². The predicted molar refractivity (Wildman–Crippen MR) is 114 cm³/mol.